The fourth-order valence-electron chi connectivity index (χ4n) is 6.38. The van der Waals surface area contributed by atoms with Crippen molar-refractivity contribution in [1.82, 2.24) is 0 Å². The molecule has 0 heterocycles. The molecule has 0 rings (SSSR count). The fourth-order valence-corrected chi connectivity index (χ4v) is 7.14. The topological polar surface area (TPSA) is 117 Å². The Bertz CT molecular complexity index is 1470. The third-order valence-corrected chi connectivity index (χ3v) is 11.0. The molecule has 0 saturated heterocycles. The van der Waals surface area contributed by atoms with Crippen molar-refractivity contribution in [2.75, 3.05) is 33.0 Å². The maximum Gasteiger partial charge on any atom is 0.472 e. The molecule has 0 saturated carbocycles. The standard InChI is InChI=1S/C57H94NO7P/c1-3-5-7-9-11-13-15-17-19-21-23-25-27-28-29-30-32-34-36-38-40-42-44-46-48-50-57(59)65-56(55-64-66(60,61)63-53-51-58)54-62-52-49-47-45-43-41-39-37-35-33-31-26-24-22-20-18-16-14-12-10-8-6-4-2/h5-8,11-14,17-20,23-26,28-29,33,35,39,41,56H,3-4,9-10,15-16,21-22,27,30-32,34,36-38,40,42-55,58H2,1-2H3,(H,60,61)/b7-5-,8-6-,13-11-,14-12-,19-17-,20-18-,25-23-,26-24-,29-28-,35-33-,41-39-. The van der Waals surface area contributed by atoms with Gasteiger partial charge in [0.15, 0.2) is 0 Å². The van der Waals surface area contributed by atoms with E-state index in [9.17, 15) is 14.3 Å². The number of carbonyl (C=O) groups excluding carboxylic acids is 1. The number of carbonyl (C=O) groups is 1. The molecule has 0 aromatic rings. The van der Waals surface area contributed by atoms with Crippen molar-refractivity contribution in [3.8, 4) is 0 Å². The molecule has 3 N–H and O–H groups in total. The van der Waals surface area contributed by atoms with Gasteiger partial charge in [-0.2, -0.15) is 0 Å². The van der Waals surface area contributed by atoms with Gasteiger partial charge in [-0.05, 0) is 109 Å². The van der Waals surface area contributed by atoms with Crippen molar-refractivity contribution in [2.45, 2.75) is 187 Å². The Balaban J connectivity index is 4.08. The highest BCUT2D eigenvalue weighted by Gasteiger charge is 2.25. The van der Waals surface area contributed by atoms with E-state index in [1.807, 2.05) is 0 Å². The third kappa shape index (κ3) is 51.6. The molecule has 9 heteroatoms. The van der Waals surface area contributed by atoms with Gasteiger partial charge < -0.3 is 20.1 Å². The molecule has 0 aromatic heterocycles. The Kier molecular flexibility index (Phi) is 49.9. The molecule has 0 aliphatic carbocycles. The highest BCUT2D eigenvalue weighted by molar-refractivity contribution is 7.47. The number of rotatable bonds is 47. The minimum atomic E-state index is -4.31. The van der Waals surface area contributed by atoms with Gasteiger partial charge in [-0.25, -0.2) is 4.57 Å². The lowest BCUT2D eigenvalue weighted by Gasteiger charge is -2.20. The number of ether oxygens (including phenoxy) is 2. The van der Waals surface area contributed by atoms with E-state index in [0.717, 1.165) is 122 Å². The van der Waals surface area contributed by atoms with Crippen molar-refractivity contribution in [2.24, 2.45) is 5.73 Å². The minimum Gasteiger partial charge on any atom is -0.457 e. The lowest BCUT2D eigenvalue weighted by molar-refractivity contribution is -0.154. The van der Waals surface area contributed by atoms with E-state index >= 15 is 0 Å². The van der Waals surface area contributed by atoms with E-state index in [1.54, 1.807) is 0 Å². The van der Waals surface area contributed by atoms with E-state index in [2.05, 4.69) is 148 Å². The number of phosphoric acid groups is 1. The lowest BCUT2D eigenvalue weighted by Crippen LogP contribution is -2.28. The van der Waals surface area contributed by atoms with Crippen LogP contribution in [0.1, 0.15) is 181 Å². The second kappa shape index (κ2) is 52.6. The molecule has 0 aliphatic heterocycles. The summed E-state index contributed by atoms with van der Waals surface area (Å²) in [5.41, 5.74) is 5.39. The van der Waals surface area contributed by atoms with Crippen LogP contribution in [-0.4, -0.2) is 49.9 Å². The van der Waals surface area contributed by atoms with Gasteiger partial charge in [0.05, 0.1) is 19.8 Å². The zero-order valence-corrected chi connectivity index (χ0v) is 42.5. The normalized spacial score (nSPS) is 14.4. The molecule has 0 amide bonds. The number of hydrogen-bond donors (Lipinski definition) is 2. The Hall–Kier alpha value is -3.36. The van der Waals surface area contributed by atoms with Crippen LogP contribution in [0, 0.1) is 0 Å². The SMILES string of the molecule is CC/C=C\C/C=C\C/C=C\C/C=C\C/C=C\C/C=C\CCCCCOCC(COP(=O)(O)OCCN)OC(=O)CCCCCCCCCCC/C=C\C/C=C\C/C=C\C/C=C\C/C=C\CC. The van der Waals surface area contributed by atoms with E-state index in [4.69, 9.17) is 24.3 Å². The first-order valence-corrected chi connectivity index (χ1v) is 27.2. The molecule has 374 valence electrons. The first-order valence-electron chi connectivity index (χ1n) is 25.7. The molecule has 66 heavy (non-hydrogen) atoms. The Morgan fingerprint density at radius 3 is 1.20 bits per heavy atom. The van der Waals surface area contributed by atoms with Crippen LogP contribution < -0.4 is 5.73 Å². The summed E-state index contributed by atoms with van der Waals surface area (Å²) in [5, 5.41) is 0. The van der Waals surface area contributed by atoms with Crippen LogP contribution in [0.2, 0.25) is 0 Å². The highest BCUT2D eigenvalue weighted by Crippen LogP contribution is 2.43. The molecule has 2 unspecified atom stereocenters. The molecule has 2 atom stereocenters. The van der Waals surface area contributed by atoms with Gasteiger partial charge >= 0.3 is 13.8 Å². The average molecular weight is 936 g/mol. The summed E-state index contributed by atoms with van der Waals surface area (Å²) in [4.78, 5) is 22.6. The van der Waals surface area contributed by atoms with Crippen molar-refractivity contribution in [3.05, 3.63) is 134 Å². The molecule has 0 aromatic carbocycles. The van der Waals surface area contributed by atoms with Crippen LogP contribution in [0.3, 0.4) is 0 Å². The summed E-state index contributed by atoms with van der Waals surface area (Å²) in [6.07, 6.45) is 74.8. The molecule has 0 spiro atoms. The summed E-state index contributed by atoms with van der Waals surface area (Å²) in [5.74, 6) is -0.355. The van der Waals surface area contributed by atoms with Crippen molar-refractivity contribution in [1.29, 1.82) is 0 Å². The summed E-state index contributed by atoms with van der Waals surface area (Å²) in [6, 6.07) is 0. The Labute approximate surface area is 404 Å². The molecule has 0 bridgehead atoms. The monoisotopic (exact) mass is 936 g/mol. The number of esters is 1. The summed E-state index contributed by atoms with van der Waals surface area (Å²) >= 11 is 0. The van der Waals surface area contributed by atoms with Gasteiger partial charge in [0, 0.05) is 19.6 Å². The predicted octanol–water partition coefficient (Wildman–Crippen LogP) is 16.3. The maximum atomic E-state index is 12.7. The van der Waals surface area contributed by atoms with Crippen LogP contribution in [-0.2, 0) is 27.9 Å². The lowest BCUT2D eigenvalue weighted by atomic mass is 10.1. The number of allylic oxidation sites excluding steroid dienone is 22. The minimum absolute atomic E-state index is 0.0814. The van der Waals surface area contributed by atoms with Crippen molar-refractivity contribution < 1.29 is 32.8 Å². The smallest absolute Gasteiger partial charge is 0.457 e. The third-order valence-electron chi connectivity index (χ3n) is 10.1. The quantitative estimate of drug-likeness (QED) is 0.0268. The largest absolute Gasteiger partial charge is 0.472 e. The first kappa shape index (κ1) is 62.6. The molecule has 0 aliphatic rings. The fraction of sp³-hybridized carbons (Fsp3) is 0.596. The maximum absolute atomic E-state index is 12.7. The predicted molar refractivity (Wildman–Crippen MR) is 283 cm³/mol. The molecule has 8 nitrogen and oxygen atoms in total. The Morgan fingerprint density at radius 1 is 0.455 bits per heavy atom. The highest BCUT2D eigenvalue weighted by atomic mass is 31.2. The van der Waals surface area contributed by atoms with Gasteiger partial charge in [0.1, 0.15) is 6.10 Å². The summed E-state index contributed by atoms with van der Waals surface area (Å²) in [7, 11) is -4.31. The second-order valence-electron chi connectivity index (χ2n) is 16.3. The summed E-state index contributed by atoms with van der Waals surface area (Å²) in [6.45, 7) is 4.57. The second-order valence-corrected chi connectivity index (χ2v) is 17.7. The van der Waals surface area contributed by atoms with Crippen LogP contribution >= 0.6 is 7.82 Å². The van der Waals surface area contributed by atoms with Gasteiger partial charge in [0.25, 0.3) is 0 Å². The van der Waals surface area contributed by atoms with Crippen molar-refractivity contribution in [3.63, 3.8) is 0 Å². The van der Waals surface area contributed by atoms with E-state index in [1.165, 1.54) is 38.5 Å². The van der Waals surface area contributed by atoms with Gasteiger partial charge in [0.2, 0.25) is 0 Å². The first-order chi connectivity index (χ1) is 32.4. The van der Waals surface area contributed by atoms with Gasteiger partial charge in [-0.1, -0.05) is 199 Å². The number of unbranched alkanes of at least 4 members (excludes halogenated alkanes) is 12. The van der Waals surface area contributed by atoms with Gasteiger partial charge in [-0.3, -0.25) is 13.8 Å². The molecular weight excluding hydrogens is 842 g/mol. The van der Waals surface area contributed by atoms with Crippen LogP contribution in [0.4, 0.5) is 0 Å². The van der Waals surface area contributed by atoms with Crippen LogP contribution in [0.5, 0.6) is 0 Å². The number of phosphoric ester groups is 1. The average Bonchev–Trinajstić information content (AvgIpc) is 3.31. The van der Waals surface area contributed by atoms with Gasteiger partial charge in [-0.15, -0.1) is 0 Å². The van der Waals surface area contributed by atoms with Crippen LogP contribution in [0.25, 0.3) is 0 Å². The molecule has 0 radical (unpaired) electrons. The Morgan fingerprint density at radius 2 is 0.803 bits per heavy atom. The molecule has 0 fully saturated rings. The number of nitrogens with two attached hydrogens (primary N) is 1. The van der Waals surface area contributed by atoms with E-state index < -0.39 is 13.9 Å². The van der Waals surface area contributed by atoms with Crippen LogP contribution in [0.15, 0.2) is 134 Å². The summed E-state index contributed by atoms with van der Waals surface area (Å²) < 4.78 is 33.5. The van der Waals surface area contributed by atoms with E-state index in [-0.39, 0.29) is 32.3 Å². The zero-order chi connectivity index (χ0) is 48.0. The molecular formula is C57H94NO7P. The van der Waals surface area contributed by atoms with Crippen molar-refractivity contribution >= 4 is 13.8 Å². The number of hydrogen-bond acceptors (Lipinski definition) is 7. The zero-order valence-electron chi connectivity index (χ0n) is 41.6. The van der Waals surface area contributed by atoms with E-state index in [0.29, 0.717) is 13.0 Å².